The Labute approximate surface area is 91.4 Å². The van der Waals surface area contributed by atoms with Crippen LogP contribution in [0.5, 0.6) is 0 Å². The Morgan fingerprint density at radius 2 is 2.36 bits per heavy atom. The molecule has 1 aromatic carbocycles. The number of benzene rings is 1. The van der Waals surface area contributed by atoms with Gasteiger partial charge in [-0.2, -0.15) is 0 Å². The minimum absolute atomic E-state index is 0.709. The molecule has 0 aliphatic heterocycles. The van der Waals surface area contributed by atoms with Crippen LogP contribution in [-0.2, 0) is 21.6 Å². The molecule has 74 valence electrons. The molecule has 0 saturated carbocycles. The molecule has 1 aliphatic rings. The number of ether oxygens (including phenoxy) is 1. The van der Waals surface area contributed by atoms with E-state index in [1.54, 1.807) is 7.11 Å². The predicted octanol–water partition coefficient (Wildman–Crippen LogP) is 2.44. The largest absolute Gasteiger partial charge is 0.366 e. The molecular formula is C11H11BrO2. The third-order valence-electron chi connectivity index (χ3n) is 2.88. The Morgan fingerprint density at radius 1 is 1.57 bits per heavy atom. The van der Waals surface area contributed by atoms with Crippen LogP contribution < -0.4 is 0 Å². The first kappa shape index (κ1) is 9.87. The SMILES string of the molecule is COC1(C=O)CCc2c(Br)cccc21. The van der Waals surface area contributed by atoms with E-state index < -0.39 is 5.60 Å². The summed E-state index contributed by atoms with van der Waals surface area (Å²) >= 11 is 3.49. The predicted molar refractivity (Wildman–Crippen MR) is 57.2 cm³/mol. The number of carbonyl (C=O) groups excluding carboxylic acids is 1. The van der Waals surface area contributed by atoms with Crippen LogP contribution >= 0.6 is 15.9 Å². The quantitative estimate of drug-likeness (QED) is 0.758. The summed E-state index contributed by atoms with van der Waals surface area (Å²) in [5.74, 6) is 0. The summed E-state index contributed by atoms with van der Waals surface area (Å²) in [6, 6.07) is 5.89. The minimum atomic E-state index is -0.709. The van der Waals surface area contributed by atoms with Crippen molar-refractivity contribution in [3.8, 4) is 0 Å². The van der Waals surface area contributed by atoms with E-state index in [2.05, 4.69) is 15.9 Å². The lowest BCUT2D eigenvalue weighted by molar-refractivity contribution is -0.128. The summed E-state index contributed by atoms with van der Waals surface area (Å²) in [5, 5.41) is 0. The van der Waals surface area contributed by atoms with Gasteiger partial charge in [0, 0.05) is 11.6 Å². The van der Waals surface area contributed by atoms with Crippen LogP contribution in [0.1, 0.15) is 17.5 Å². The van der Waals surface area contributed by atoms with Gasteiger partial charge in [0.05, 0.1) is 0 Å². The summed E-state index contributed by atoms with van der Waals surface area (Å²) in [7, 11) is 1.59. The molecule has 2 rings (SSSR count). The zero-order valence-corrected chi connectivity index (χ0v) is 9.50. The molecule has 0 bridgehead atoms. The Hall–Kier alpha value is -0.670. The molecular weight excluding hydrogens is 244 g/mol. The summed E-state index contributed by atoms with van der Waals surface area (Å²) in [6.07, 6.45) is 2.54. The fourth-order valence-electron chi connectivity index (χ4n) is 2.04. The van der Waals surface area contributed by atoms with E-state index in [0.717, 1.165) is 29.2 Å². The van der Waals surface area contributed by atoms with Gasteiger partial charge >= 0.3 is 0 Å². The van der Waals surface area contributed by atoms with Crippen molar-refractivity contribution in [1.82, 2.24) is 0 Å². The number of hydrogen-bond acceptors (Lipinski definition) is 2. The van der Waals surface area contributed by atoms with Crippen molar-refractivity contribution >= 4 is 22.2 Å². The third kappa shape index (κ3) is 1.23. The summed E-state index contributed by atoms with van der Waals surface area (Å²) in [4.78, 5) is 11.1. The highest BCUT2D eigenvalue weighted by Gasteiger charge is 2.39. The first-order valence-electron chi connectivity index (χ1n) is 4.53. The Balaban J connectivity index is 2.59. The van der Waals surface area contributed by atoms with Gasteiger partial charge in [0.15, 0.2) is 6.29 Å². The molecule has 3 heteroatoms. The number of rotatable bonds is 2. The molecule has 2 nitrogen and oxygen atoms in total. The van der Waals surface area contributed by atoms with Crippen LogP contribution in [0.3, 0.4) is 0 Å². The van der Waals surface area contributed by atoms with Gasteiger partial charge in [-0.3, -0.25) is 4.79 Å². The van der Waals surface area contributed by atoms with Gasteiger partial charge in [0.2, 0.25) is 0 Å². The average molecular weight is 255 g/mol. The van der Waals surface area contributed by atoms with Crippen LogP contribution in [0.25, 0.3) is 0 Å². The van der Waals surface area contributed by atoms with Gasteiger partial charge in [-0.05, 0) is 30.0 Å². The Kier molecular flexibility index (Phi) is 2.45. The van der Waals surface area contributed by atoms with Gasteiger partial charge in [0.1, 0.15) is 5.60 Å². The third-order valence-corrected chi connectivity index (χ3v) is 3.62. The maximum Gasteiger partial charge on any atom is 0.156 e. The second-order valence-electron chi connectivity index (χ2n) is 3.48. The lowest BCUT2D eigenvalue weighted by Crippen LogP contribution is -2.26. The highest BCUT2D eigenvalue weighted by atomic mass is 79.9. The van der Waals surface area contributed by atoms with Gasteiger partial charge in [-0.25, -0.2) is 0 Å². The van der Waals surface area contributed by atoms with Crippen LogP contribution in [0.2, 0.25) is 0 Å². The normalized spacial score (nSPS) is 24.7. The molecule has 14 heavy (non-hydrogen) atoms. The van der Waals surface area contributed by atoms with E-state index >= 15 is 0 Å². The van der Waals surface area contributed by atoms with E-state index in [1.165, 1.54) is 5.56 Å². The fourth-order valence-corrected chi connectivity index (χ4v) is 2.60. The second kappa shape index (κ2) is 3.48. The van der Waals surface area contributed by atoms with Crippen molar-refractivity contribution in [2.75, 3.05) is 7.11 Å². The highest BCUT2D eigenvalue weighted by molar-refractivity contribution is 9.10. The standard InChI is InChI=1S/C11H11BrO2/c1-14-11(7-13)6-5-8-9(11)3-2-4-10(8)12/h2-4,7H,5-6H2,1H3. The lowest BCUT2D eigenvalue weighted by atomic mass is 9.98. The molecule has 0 radical (unpaired) electrons. The van der Waals surface area contributed by atoms with Crippen LogP contribution in [0, 0.1) is 0 Å². The fraction of sp³-hybridized carbons (Fsp3) is 0.364. The molecule has 0 N–H and O–H groups in total. The molecule has 1 aliphatic carbocycles. The maximum absolute atomic E-state index is 11.1. The monoisotopic (exact) mass is 254 g/mol. The van der Waals surface area contributed by atoms with Gasteiger partial charge in [-0.15, -0.1) is 0 Å². The number of methoxy groups -OCH3 is 1. The topological polar surface area (TPSA) is 26.3 Å². The molecule has 1 unspecified atom stereocenters. The van der Waals surface area contributed by atoms with Crippen molar-refractivity contribution < 1.29 is 9.53 Å². The molecule has 0 aromatic heterocycles. The number of halogens is 1. The summed E-state index contributed by atoms with van der Waals surface area (Å²) < 4.78 is 6.41. The molecule has 0 spiro atoms. The summed E-state index contributed by atoms with van der Waals surface area (Å²) in [5.41, 5.74) is 1.49. The van der Waals surface area contributed by atoms with Gasteiger partial charge in [0.25, 0.3) is 0 Å². The lowest BCUT2D eigenvalue weighted by Gasteiger charge is -2.21. The zero-order chi connectivity index (χ0) is 10.2. The van der Waals surface area contributed by atoms with E-state index in [9.17, 15) is 4.79 Å². The molecule has 0 fully saturated rings. The number of fused-ring (bicyclic) bond motifs is 1. The molecule has 1 atom stereocenters. The molecule has 0 saturated heterocycles. The number of hydrogen-bond donors (Lipinski definition) is 0. The smallest absolute Gasteiger partial charge is 0.156 e. The Morgan fingerprint density at radius 3 is 3.00 bits per heavy atom. The highest BCUT2D eigenvalue weighted by Crippen LogP contribution is 2.40. The number of aldehydes is 1. The number of carbonyl (C=O) groups is 1. The van der Waals surface area contributed by atoms with Gasteiger partial charge in [-0.1, -0.05) is 28.1 Å². The van der Waals surface area contributed by atoms with Crippen molar-refractivity contribution in [2.24, 2.45) is 0 Å². The van der Waals surface area contributed by atoms with Crippen molar-refractivity contribution in [2.45, 2.75) is 18.4 Å². The first-order chi connectivity index (χ1) is 6.73. The van der Waals surface area contributed by atoms with Crippen LogP contribution in [0.15, 0.2) is 22.7 Å². The maximum atomic E-state index is 11.1. The first-order valence-corrected chi connectivity index (χ1v) is 5.32. The molecule has 0 amide bonds. The van der Waals surface area contributed by atoms with Crippen molar-refractivity contribution in [3.63, 3.8) is 0 Å². The second-order valence-corrected chi connectivity index (χ2v) is 4.33. The molecule has 1 aromatic rings. The Bertz CT molecular complexity index is 376. The van der Waals surface area contributed by atoms with E-state index in [-0.39, 0.29) is 0 Å². The molecule has 0 heterocycles. The average Bonchev–Trinajstić information content (AvgIpc) is 2.59. The summed E-state index contributed by atoms with van der Waals surface area (Å²) in [6.45, 7) is 0. The van der Waals surface area contributed by atoms with Crippen LogP contribution in [-0.4, -0.2) is 13.4 Å². The van der Waals surface area contributed by atoms with E-state index in [4.69, 9.17) is 4.74 Å². The minimum Gasteiger partial charge on any atom is -0.366 e. The zero-order valence-electron chi connectivity index (χ0n) is 7.92. The van der Waals surface area contributed by atoms with Gasteiger partial charge < -0.3 is 4.74 Å². The van der Waals surface area contributed by atoms with Crippen molar-refractivity contribution in [3.05, 3.63) is 33.8 Å². The van der Waals surface area contributed by atoms with Crippen molar-refractivity contribution in [1.29, 1.82) is 0 Å². The van der Waals surface area contributed by atoms with E-state index in [0.29, 0.717) is 0 Å². The van der Waals surface area contributed by atoms with Crippen LogP contribution in [0.4, 0.5) is 0 Å². The van der Waals surface area contributed by atoms with E-state index in [1.807, 2.05) is 18.2 Å².